The van der Waals surface area contributed by atoms with Crippen molar-refractivity contribution < 1.29 is 9.53 Å². The van der Waals surface area contributed by atoms with Gasteiger partial charge in [0.25, 0.3) is 5.91 Å². The number of halogens is 3. The summed E-state index contributed by atoms with van der Waals surface area (Å²) in [5.41, 5.74) is 1.14. The molecule has 3 nitrogen and oxygen atoms in total. The number of amides is 1. The van der Waals surface area contributed by atoms with Crippen molar-refractivity contribution in [3.63, 3.8) is 0 Å². The number of ether oxygens (including phenoxy) is 1. The van der Waals surface area contributed by atoms with Gasteiger partial charge in [-0.3, -0.25) is 4.79 Å². The van der Waals surface area contributed by atoms with Gasteiger partial charge in [0.2, 0.25) is 0 Å². The lowest BCUT2D eigenvalue weighted by Crippen LogP contribution is -2.12. The Balaban J connectivity index is 2.19. The average Bonchev–Trinajstić information content (AvgIpc) is 2.42. The van der Waals surface area contributed by atoms with E-state index in [1.807, 2.05) is 0 Å². The Bertz CT molecular complexity index is 662. The van der Waals surface area contributed by atoms with Crippen molar-refractivity contribution in [1.82, 2.24) is 0 Å². The van der Waals surface area contributed by atoms with Gasteiger partial charge < -0.3 is 10.1 Å². The number of hydrogen-bond donors (Lipinski definition) is 1. The Labute approximate surface area is 140 Å². The van der Waals surface area contributed by atoms with E-state index in [0.717, 1.165) is 9.32 Å². The number of rotatable bonds is 3. The van der Waals surface area contributed by atoms with Crippen LogP contribution in [-0.4, -0.2) is 13.0 Å². The summed E-state index contributed by atoms with van der Waals surface area (Å²) >= 11 is 13.9. The maximum Gasteiger partial charge on any atom is 0.255 e. The molecule has 0 spiro atoms. The standard InChI is InChI=1S/C14H10Cl2INO2/c1-20-13-5-2-8(6-12(13)17)14(19)18-9-3-4-10(15)11(16)7-9/h2-7H,1H3,(H,18,19). The van der Waals surface area contributed by atoms with Gasteiger partial charge in [0, 0.05) is 11.3 Å². The highest BCUT2D eigenvalue weighted by molar-refractivity contribution is 14.1. The first-order valence-electron chi connectivity index (χ1n) is 5.61. The topological polar surface area (TPSA) is 38.3 Å². The van der Waals surface area contributed by atoms with Crippen molar-refractivity contribution in [3.05, 3.63) is 55.6 Å². The van der Waals surface area contributed by atoms with E-state index in [2.05, 4.69) is 27.9 Å². The molecule has 2 rings (SSSR count). The number of anilines is 1. The Morgan fingerprint density at radius 3 is 2.50 bits per heavy atom. The second kappa shape index (κ2) is 6.65. The van der Waals surface area contributed by atoms with Crippen LogP contribution >= 0.6 is 45.8 Å². The Morgan fingerprint density at radius 1 is 1.15 bits per heavy atom. The van der Waals surface area contributed by atoms with Gasteiger partial charge in [0.15, 0.2) is 0 Å². The Morgan fingerprint density at radius 2 is 1.90 bits per heavy atom. The van der Waals surface area contributed by atoms with Crippen LogP contribution in [0, 0.1) is 3.57 Å². The monoisotopic (exact) mass is 421 g/mol. The van der Waals surface area contributed by atoms with Gasteiger partial charge in [-0.25, -0.2) is 0 Å². The summed E-state index contributed by atoms with van der Waals surface area (Å²) in [5.74, 6) is 0.514. The summed E-state index contributed by atoms with van der Waals surface area (Å²) in [6.07, 6.45) is 0. The van der Waals surface area contributed by atoms with E-state index in [1.165, 1.54) is 0 Å². The van der Waals surface area contributed by atoms with E-state index in [1.54, 1.807) is 43.5 Å². The van der Waals surface area contributed by atoms with Crippen LogP contribution < -0.4 is 10.1 Å². The fraction of sp³-hybridized carbons (Fsp3) is 0.0714. The van der Waals surface area contributed by atoms with Crippen LogP contribution in [0.25, 0.3) is 0 Å². The van der Waals surface area contributed by atoms with Crippen LogP contribution in [0.5, 0.6) is 5.75 Å². The van der Waals surface area contributed by atoms with E-state index < -0.39 is 0 Å². The molecule has 0 radical (unpaired) electrons. The molecule has 0 saturated heterocycles. The summed E-state index contributed by atoms with van der Waals surface area (Å²) in [6.45, 7) is 0. The summed E-state index contributed by atoms with van der Waals surface area (Å²) in [4.78, 5) is 12.1. The van der Waals surface area contributed by atoms with Crippen LogP contribution in [0.3, 0.4) is 0 Å². The second-order valence-corrected chi connectivity index (χ2v) is 5.91. The summed E-state index contributed by atoms with van der Waals surface area (Å²) in [5, 5.41) is 3.61. The lowest BCUT2D eigenvalue weighted by Gasteiger charge is -2.08. The molecule has 0 atom stereocenters. The molecule has 1 N–H and O–H groups in total. The van der Waals surface area contributed by atoms with Crippen molar-refractivity contribution >= 4 is 57.4 Å². The molecule has 0 aliphatic heterocycles. The highest BCUT2D eigenvalue weighted by atomic mass is 127. The van der Waals surface area contributed by atoms with E-state index in [9.17, 15) is 4.79 Å². The zero-order valence-corrected chi connectivity index (χ0v) is 14.1. The van der Waals surface area contributed by atoms with Gasteiger partial charge in [-0.05, 0) is 59.0 Å². The molecule has 0 fully saturated rings. The van der Waals surface area contributed by atoms with E-state index in [4.69, 9.17) is 27.9 Å². The number of nitrogens with one attached hydrogen (secondary N) is 1. The lowest BCUT2D eigenvalue weighted by molar-refractivity contribution is 0.102. The third-order valence-electron chi connectivity index (χ3n) is 2.59. The smallest absolute Gasteiger partial charge is 0.255 e. The quantitative estimate of drug-likeness (QED) is 0.718. The second-order valence-electron chi connectivity index (χ2n) is 3.93. The van der Waals surface area contributed by atoms with Crippen molar-refractivity contribution in [3.8, 4) is 5.75 Å². The normalized spacial score (nSPS) is 10.2. The van der Waals surface area contributed by atoms with Gasteiger partial charge in [0.05, 0.1) is 20.7 Å². The molecule has 1 amide bonds. The van der Waals surface area contributed by atoms with Gasteiger partial charge in [-0.15, -0.1) is 0 Å². The zero-order chi connectivity index (χ0) is 14.7. The maximum absolute atomic E-state index is 12.1. The van der Waals surface area contributed by atoms with Crippen LogP contribution in [0.1, 0.15) is 10.4 Å². The number of carbonyl (C=O) groups is 1. The Hall–Kier alpha value is -0.980. The zero-order valence-electron chi connectivity index (χ0n) is 10.4. The van der Waals surface area contributed by atoms with Crippen molar-refractivity contribution in [2.75, 3.05) is 12.4 Å². The minimum atomic E-state index is -0.219. The fourth-order valence-corrected chi connectivity index (χ4v) is 2.62. The van der Waals surface area contributed by atoms with Crippen molar-refractivity contribution in [2.24, 2.45) is 0 Å². The molecule has 0 saturated carbocycles. The van der Waals surface area contributed by atoms with Crippen LogP contribution in [-0.2, 0) is 0 Å². The minimum absolute atomic E-state index is 0.219. The first-order valence-corrected chi connectivity index (χ1v) is 7.44. The van der Waals surface area contributed by atoms with E-state index >= 15 is 0 Å². The first kappa shape index (κ1) is 15.4. The molecular formula is C14H10Cl2INO2. The molecule has 104 valence electrons. The maximum atomic E-state index is 12.1. The van der Waals surface area contributed by atoms with E-state index in [0.29, 0.717) is 21.3 Å². The third-order valence-corrected chi connectivity index (χ3v) is 4.17. The summed E-state index contributed by atoms with van der Waals surface area (Å²) in [6, 6.07) is 10.2. The lowest BCUT2D eigenvalue weighted by atomic mass is 10.2. The van der Waals surface area contributed by atoms with Gasteiger partial charge in [-0.1, -0.05) is 23.2 Å². The largest absolute Gasteiger partial charge is 0.496 e. The molecule has 2 aromatic rings. The molecule has 6 heteroatoms. The molecule has 2 aromatic carbocycles. The van der Waals surface area contributed by atoms with Gasteiger partial charge in [0.1, 0.15) is 5.75 Å². The molecular weight excluding hydrogens is 412 g/mol. The average molecular weight is 422 g/mol. The highest BCUT2D eigenvalue weighted by Gasteiger charge is 2.10. The SMILES string of the molecule is COc1ccc(C(=O)Nc2ccc(Cl)c(Cl)c2)cc1I. The van der Waals surface area contributed by atoms with E-state index in [-0.39, 0.29) is 5.91 Å². The highest BCUT2D eigenvalue weighted by Crippen LogP contribution is 2.26. The van der Waals surface area contributed by atoms with Crippen molar-refractivity contribution in [1.29, 1.82) is 0 Å². The minimum Gasteiger partial charge on any atom is -0.496 e. The van der Waals surface area contributed by atoms with Gasteiger partial charge >= 0.3 is 0 Å². The summed E-state index contributed by atoms with van der Waals surface area (Å²) in [7, 11) is 1.59. The predicted molar refractivity (Wildman–Crippen MR) is 90.1 cm³/mol. The predicted octanol–water partition coefficient (Wildman–Crippen LogP) is 4.86. The number of hydrogen-bond acceptors (Lipinski definition) is 2. The summed E-state index contributed by atoms with van der Waals surface area (Å²) < 4.78 is 6.02. The fourth-order valence-electron chi connectivity index (χ4n) is 1.58. The first-order chi connectivity index (χ1) is 9.51. The van der Waals surface area contributed by atoms with Crippen LogP contribution in [0.2, 0.25) is 10.0 Å². The van der Waals surface area contributed by atoms with Gasteiger partial charge in [-0.2, -0.15) is 0 Å². The number of benzene rings is 2. The van der Waals surface area contributed by atoms with Crippen LogP contribution in [0.4, 0.5) is 5.69 Å². The Kier molecular flexibility index (Phi) is 5.12. The number of methoxy groups -OCH3 is 1. The molecule has 0 unspecified atom stereocenters. The molecule has 20 heavy (non-hydrogen) atoms. The van der Waals surface area contributed by atoms with Crippen LogP contribution in [0.15, 0.2) is 36.4 Å². The third kappa shape index (κ3) is 3.56. The molecule has 0 aliphatic rings. The number of carbonyl (C=O) groups excluding carboxylic acids is 1. The molecule has 0 bridgehead atoms. The van der Waals surface area contributed by atoms with Crippen molar-refractivity contribution in [2.45, 2.75) is 0 Å². The molecule has 0 heterocycles. The molecule has 0 aliphatic carbocycles. The molecule has 0 aromatic heterocycles.